The van der Waals surface area contributed by atoms with Gasteiger partial charge in [-0.15, -0.1) is 0 Å². The second-order valence-corrected chi connectivity index (χ2v) is 6.16. The summed E-state index contributed by atoms with van der Waals surface area (Å²) in [4.78, 5) is 25.4. The van der Waals surface area contributed by atoms with Crippen LogP contribution in [0.25, 0.3) is 0 Å². The van der Waals surface area contributed by atoms with Gasteiger partial charge >= 0.3 is 0 Å². The molecule has 1 aromatic carbocycles. The first kappa shape index (κ1) is 17.4. The highest BCUT2D eigenvalue weighted by Crippen LogP contribution is 2.20. The lowest BCUT2D eigenvalue weighted by Gasteiger charge is -2.30. The number of hydrogen-bond acceptors (Lipinski definition) is 4. The Labute approximate surface area is 137 Å². The van der Waals surface area contributed by atoms with E-state index < -0.39 is 6.04 Å². The number of nitrogens with two attached hydrogens (primary N) is 2. The third-order valence-corrected chi connectivity index (χ3v) is 4.37. The zero-order valence-corrected chi connectivity index (χ0v) is 13.6. The van der Waals surface area contributed by atoms with Crippen molar-refractivity contribution in [2.45, 2.75) is 38.8 Å². The van der Waals surface area contributed by atoms with E-state index in [2.05, 4.69) is 10.2 Å². The van der Waals surface area contributed by atoms with Gasteiger partial charge in [0.05, 0.1) is 6.04 Å². The van der Waals surface area contributed by atoms with Crippen molar-refractivity contribution in [3.8, 4) is 0 Å². The SMILES string of the molecule is CC[C@H](N)C(=O)Nc1cccc(CN2CCC(C(N)=O)CC2)c1. The van der Waals surface area contributed by atoms with Crippen molar-refractivity contribution in [3.05, 3.63) is 29.8 Å². The monoisotopic (exact) mass is 318 g/mol. The molecule has 0 radical (unpaired) electrons. The van der Waals surface area contributed by atoms with Gasteiger partial charge in [-0.05, 0) is 50.0 Å². The van der Waals surface area contributed by atoms with Crippen LogP contribution < -0.4 is 16.8 Å². The number of piperidine rings is 1. The molecule has 1 fully saturated rings. The van der Waals surface area contributed by atoms with E-state index in [1.54, 1.807) is 0 Å². The fourth-order valence-electron chi connectivity index (χ4n) is 2.80. The van der Waals surface area contributed by atoms with Gasteiger partial charge in [-0.25, -0.2) is 0 Å². The smallest absolute Gasteiger partial charge is 0.241 e. The van der Waals surface area contributed by atoms with Crippen LogP contribution in [0.15, 0.2) is 24.3 Å². The first-order chi connectivity index (χ1) is 11.0. The molecule has 126 valence electrons. The van der Waals surface area contributed by atoms with Crippen LogP contribution in [0.4, 0.5) is 5.69 Å². The average Bonchev–Trinajstić information content (AvgIpc) is 2.54. The molecule has 1 aromatic rings. The molecule has 1 heterocycles. The molecule has 23 heavy (non-hydrogen) atoms. The predicted octanol–water partition coefficient (Wildman–Crippen LogP) is 1.06. The normalized spacial score (nSPS) is 17.7. The van der Waals surface area contributed by atoms with Gasteiger partial charge in [0.15, 0.2) is 0 Å². The first-order valence-electron chi connectivity index (χ1n) is 8.16. The largest absolute Gasteiger partial charge is 0.369 e. The molecular weight excluding hydrogens is 292 g/mol. The van der Waals surface area contributed by atoms with Gasteiger partial charge in [0.1, 0.15) is 0 Å². The van der Waals surface area contributed by atoms with E-state index in [4.69, 9.17) is 11.5 Å². The molecule has 1 saturated heterocycles. The van der Waals surface area contributed by atoms with Crippen molar-refractivity contribution < 1.29 is 9.59 Å². The summed E-state index contributed by atoms with van der Waals surface area (Å²) < 4.78 is 0. The standard InChI is InChI=1S/C17H26N4O2/c1-2-15(18)17(23)20-14-5-3-4-12(10-14)11-21-8-6-13(7-9-21)16(19)22/h3-5,10,13,15H,2,6-9,11,18H2,1H3,(H2,19,22)(H,20,23)/t15-/m0/s1. The maximum atomic E-state index is 11.9. The van der Waals surface area contributed by atoms with E-state index in [-0.39, 0.29) is 17.7 Å². The molecule has 0 saturated carbocycles. The minimum Gasteiger partial charge on any atom is -0.369 e. The average molecular weight is 318 g/mol. The molecule has 0 unspecified atom stereocenters. The van der Waals surface area contributed by atoms with Gasteiger partial charge in [-0.2, -0.15) is 0 Å². The number of nitrogens with zero attached hydrogens (tertiary/aromatic N) is 1. The lowest BCUT2D eigenvalue weighted by atomic mass is 9.96. The zero-order valence-electron chi connectivity index (χ0n) is 13.6. The van der Waals surface area contributed by atoms with Crippen molar-refractivity contribution >= 4 is 17.5 Å². The number of carbonyl (C=O) groups is 2. The van der Waals surface area contributed by atoms with Crippen LogP contribution in [0, 0.1) is 5.92 Å². The molecule has 6 nitrogen and oxygen atoms in total. The number of hydrogen-bond donors (Lipinski definition) is 3. The summed E-state index contributed by atoms with van der Waals surface area (Å²) in [5, 5.41) is 2.85. The van der Waals surface area contributed by atoms with Gasteiger partial charge in [-0.1, -0.05) is 19.1 Å². The Bertz CT molecular complexity index is 553. The molecule has 0 aromatic heterocycles. The predicted molar refractivity (Wildman–Crippen MR) is 90.5 cm³/mol. The summed E-state index contributed by atoms with van der Waals surface area (Å²) in [6, 6.07) is 7.32. The van der Waals surface area contributed by atoms with Crippen LogP contribution >= 0.6 is 0 Å². The summed E-state index contributed by atoms with van der Waals surface area (Å²) in [6.45, 7) is 4.42. The van der Waals surface area contributed by atoms with Crippen LogP contribution in [0.3, 0.4) is 0 Å². The highest BCUT2D eigenvalue weighted by atomic mass is 16.2. The molecule has 2 rings (SSSR count). The summed E-state index contributed by atoms with van der Waals surface area (Å²) in [5.74, 6) is -0.346. The fourth-order valence-corrected chi connectivity index (χ4v) is 2.80. The number of carbonyl (C=O) groups excluding carboxylic acids is 2. The number of amides is 2. The van der Waals surface area contributed by atoms with Crippen LogP contribution in [0.2, 0.25) is 0 Å². The summed E-state index contributed by atoms with van der Waals surface area (Å²) in [7, 11) is 0. The topological polar surface area (TPSA) is 101 Å². The van der Waals surface area contributed by atoms with Crippen LogP contribution in [0.1, 0.15) is 31.7 Å². The molecular formula is C17H26N4O2. The van der Waals surface area contributed by atoms with E-state index in [0.717, 1.165) is 43.7 Å². The van der Waals surface area contributed by atoms with Crippen molar-refractivity contribution in [1.29, 1.82) is 0 Å². The highest BCUT2D eigenvalue weighted by Gasteiger charge is 2.23. The van der Waals surface area contributed by atoms with E-state index in [0.29, 0.717) is 6.42 Å². The number of nitrogens with one attached hydrogen (secondary N) is 1. The Morgan fingerprint density at radius 1 is 1.35 bits per heavy atom. The van der Waals surface area contributed by atoms with E-state index >= 15 is 0 Å². The third-order valence-electron chi connectivity index (χ3n) is 4.37. The Hall–Kier alpha value is -1.92. The highest BCUT2D eigenvalue weighted by molar-refractivity contribution is 5.94. The van der Waals surface area contributed by atoms with Crippen LogP contribution in [-0.4, -0.2) is 35.8 Å². The Kier molecular flexibility index (Phi) is 6.12. The van der Waals surface area contributed by atoms with Crippen molar-refractivity contribution in [2.24, 2.45) is 17.4 Å². The van der Waals surface area contributed by atoms with E-state index in [1.807, 2.05) is 31.2 Å². The van der Waals surface area contributed by atoms with Gasteiger partial charge in [-0.3, -0.25) is 14.5 Å². The Morgan fingerprint density at radius 3 is 2.65 bits per heavy atom. The van der Waals surface area contributed by atoms with Gasteiger partial charge in [0, 0.05) is 18.2 Å². The minimum atomic E-state index is -0.480. The van der Waals surface area contributed by atoms with E-state index in [9.17, 15) is 9.59 Å². The second-order valence-electron chi connectivity index (χ2n) is 6.16. The Morgan fingerprint density at radius 2 is 2.04 bits per heavy atom. The lowest BCUT2D eigenvalue weighted by molar-refractivity contribution is -0.123. The molecule has 5 N–H and O–H groups in total. The number of anilines is 1. The molecule has 1 aliphatic rings. The summed E-state index contributed by atoms with van der Waals surface area (Å²) in [5.41, 5.74) is 13.0. The molecule has 1 aliphatic heterocycles. The summed E-state index contributed by atoms with van der Waals surface area (Å²) >= 11 is 0. The van der Waals surface area contributed by atoms with Crippen LogP contribution in [-0.2, 0) is 16.1 Å². The lowest BCUT2D eigenvalue weighted by Crippen LogP contribution is -2.38. The molecule has 2 amide bonds. The number of primary amides is 1. The van der Waals surface area contributed by atoms with Crippen molar-refractivity contribution in [2.75, 3.05) is 18.4 Å². The van der Waals surface area contributed by atoms with Gasteiger partial charge < -0.3 is 16.8 Å². The first-order valence-corrected chi connectivity index (χ1v) is 8.16. The maximum Gasteiger partial charge on any atom is 0.241 e. The van der Waals surface area contributed by atoms with Crippen molar-refractivity contribution in [1.82, 2.24) is 4.90 Å². The maximum absolute atomic E-state index is 11.9. The second kappa shape index (κ2) is 8.08. The zero-order chi connectivity index (χ0) is 16.8. The Balaban J connectivity index is 1.90. The fraction of sp³-hybridized carbons (Fsp3) is 0.529. The van der Waals surface area contributed by atoms with Crippen LogP contribution in [0.5, 0.6) is 0 Å². The minimum absolute atomic E-state index is 0.00686. The number of rotatable bonds is 6. The number of likely N-dealkylation sites (tertiary alicyclic amines) is 1. The van der Waals surface area contributed by atoms with Crippen molar-refractivity contribution in [3.63, 3.8) is 0 Å². The molecule has 0 bridgehead atoms. The quantitative estimate of drug-likeness (QED) is 0.730. The third kappa shape index (κ3) is 5.04. The molecule has 0 spiro atoms. The van der Waals surface area contributed by atoms with E-state index in [1.165, 1.54) is 0 Å². The van der Waals surface area contributed by atoms with Gasteiger partial charge in [0.25, 0.3) is 0 Å². The molecule has 1 atom stereocenters. The summed E-state index contributed by atoms with van der Waals surface area (Å²) in [6.07, 6.45) is 2.24. The number of benzene rings is 1. The molecule has 6 heteroatoms. The molecule has 0 aliphatic carbocycles. The van der Waals surface area contributed by atoms with Gasteiger partial charge in [0.2, 0.25) is 11.8 Å².